The van der Waals surface area contributed by atoms with E-state index >= 15 is 0 Å². The van der Waals surface area contributed by atoms with Crippen LogP contribution in [-0.4, -0.2) is 38.9 Å². The number of ketones is 1. The van der Waals surface area contributed by atoms with Crippen molar-refractivity contribution in [1.82, 2.24) is 15.6 Å². The molecule has 4 N–H and O–H groups in total. The molecular formula is C17H14F3N3O4. The third kappa shape index (κ3) is 3.31. The van der Waals surface area contributed by atoms with Crippen molar-refractivity contribution in [2.24, 2.45) is 5.92 Å². The van der Waals surface area contributed by atoms with Gasteiger partial charge in [0.1, 0.15) is 11.7 Å². The number of rotatable bonds is 3. The number of nitrogens with zero attached hydrogens (tertiary/aromatic N) is 1. The first-order chi connectivity index (χ1) is 12.6. The fourth-order valence-electron chi connectivity index (χ4n) is 2.99. The van der Waals surface area contributed by atoms with E-state index in [0.717, 1.165) is 6.20 Å². The number of Topliss-reactive ketones (excluding diaryl/α,β-unsaturated/α-hetero) is 1. The Morgan fingerprint density at radius 2 is 1.85 bits per heavy atom. The highest BCUT2D eigenvalue weighted by Crippen LogP contribution is 2.44. The van der Waals surface area contributed by atoms with E-state index < -0.39 is 35.7 Å². The first kappa shape index (κ1) is 18.6. The molecule has 0 spiro atoms. The van der Waals surface area contributed by atoms with Gasteiger partial charge in [0.15, 0.2) is 5.78 Å². The summed E-state index contributed by atoms with van der Waals surface area (Å²) in [7, 11) is 0. The number of nitrogens with one attached hydrogen (secondary N) is 2. The molecule has 3 atom stereocenters. The highest BCUT2D eigenvalue weighted by molar-refractivity contribution is 6.00. The van der Waals surface area contributed by atoms with E-state index in [2.05, 4.69) is 10.3 Å². The van der Waals surface area contributed by atoms with Crippen LogP contribution in [0, 0.1) is 5.92 Å². The molecule has 10 heteroatoms. The molecule has 3 rings (SSSR count). The summed E-state index contributed by atoms with van der Waals surface area (Å²) < 4.78 is 41.0. The fraction of sp³-hybridized carbons (Fsp3) is 0.235. The second kappa shape index (κ2) is 6.54. The number of aromatic nitrogens is 1. The van der Waals surface area contributed by atoms with E-state index in [-0.39, 0.29) is 16.9 Å². The lowest BCUT2D eigenvalue weighted by Gasteiger charge is -2.45. The quantitative estimate of drug-likeness (QED) is 0.607. The number of pyridine rings is 1. The van der Waals surface area contributed by atoms with Crippen LogP contribution < -0.4 is 10.6 Å². The largest absolute Gasteiger partial charge is 0.508 e. The summed E-state index contributed by atoms with van der Waals surface area (Å²) in [4.78, 5) is 28.4. The van der Waals surface area contributed by atoms with Gasteiger partial charge in [-0.15, -0.1) is 0 Å². The minimum atomic E-state index is -5.33. The maximum atomic E-state index is 13.7. The van der Waals surface area contributed by atoms with E-state index in [1.807, 2.05) is 0 Å². The summed E-state index contributed by atoms with van der Waals surface area (Å²) in [5, 5.41) is 23.4. The smallest absolute Gasteiger partial charge is 0.437 e. The number of phenols is 1. The number of alkyl halides is 3. The topological polar surface area (TPSA) is 112 Å². The Balaban J connectivity index is 2.15. The molecular weight excluding hydrogens is 367 g/mol. The number of halogens is 3. The van der Waals surface area contributed by atoms with Crippen molar-refractivity contribution in [3.8, 4) is 5.75 Å². The second-order valence-corrected chi connectivity index (χ2v) is 6.02. The summed E-state index contributed by atoms with van der Waals surface area (Å²) in [6.45, 7) is 0. The number of aromatic hydroxyl groups is 1. The van der Waals surface area contributed by atoms with Crippen LogP contribution in [0.15, 0.2) is 48.8 Å². The van der Waals surface area contributed by atoms with Gasteiger partial charge in [0.25, 0.3) is 0 Å². The number of urea groups is 1. The zero-order valence-electron chi connectivity index (χ0n) is 13.6. The van der Waals surface area contributed by atoms with Crippen LogP contribution in [0.25, 0.3) is 0 Å². The van der Waals surface area contributed by atoms with E-state index in [0.29, 0.717) is 0 Å². The molecule has 1 aromatic heterocycles. The van der Waals surface area contributed by atoms with Gasteiger partial charge in [-0.3, -0.25) is 9.78 Å². The van der Waals surface area contributed by atoms with Gasteiger partial charge in [0.05, 0.1) is 6.04 Å². The summed E-state index contributed by atoms with van der Waals surface area (Å²) in [5.41, 5.74) is -3.86. The molecule has 1 aliphatic rings. The maximum Gasteiger partial charge on any atom is 0.437 e. The predicted molar refractivity (Wildman–Crippen MR) is 85.6 cm³/mol. The van der Waals surface area contributed by atoms with E-state index in [1.54, 1.807) is 0 Å². The monoisotopic (exact) mass is 381 g/mol. The SMILES string of the molecule is O=C1NC(c2ccc(O)cc2)C(C(=O)c2cccnc2)C(O)(C(F)(F)F)N1. The third-order valence-corrected chi connectivity index (χ3v) is 4.29. The zero-order valence-corrected chi connectivity index (χ0v) is 13.6. The molecule has 1 aliphatic heterocycles. The molecule has 1 saturated heterocycles. The number of phenolic OH excluding ortho intramolecular Hbond substituents is 1. The van der Waals surface area contributed by atoms with Gasteiger partial charge in [-0.05, 0) is 29.8 Å². The molecule has 2 heterocycles. The highest BCUT2D eigenvalue weighted by Gasteiger charge is 2.66. The number of hydrogen-bond donors (Lipinski definition) is 4. The van der Waals surface area contributed by atoms with Crippen molar-refractivity contribution >= 4 is 11.8 Å². The summed E-state index contributed by atoms with van der Waals surface area (Å²) in [6, 6.07) is 4.74. The van der Waals surface area contributed by atoms with E-state index in [4.69, 9.17) is 0 Å². The van der Waals surface area contributed by atoms with Gasteiger partial charge in [0.2, 0.25) is 5.72 Å². The predicted octanol–water partition coefficient (Wildman–Crippen LogP) is 1.89. The number of hydrogen-bond acceptors (Lipinski definition) is 5. The zero-order chi connectivity index (χ0) is 19.8. The molecule has 2 amide bonds. The molecule has 1 fully saturated rings. The normalized spacial score (nSPS) is 25.4. The summed E-state index contributed by atoms with van der Waals surface area (Å²) in [6.07, 6.45) is -2.92. The van der Waals surface area contributed by atoms with Crippen molar-refractivity contribution in [3.05, 3.63) is 59.9 Å². The summed E-state index contributed by atoms with van der Waals surface area (Å²) in [5.74, 6) is -3.35. The number of amides is 2. The second-order valence-electron chi connectivity index (χ2n) is 6.02. The Morgan fingerprint density at radius 3 is 2.41 bits per heavy atom. The van der Waals surface area contributed by atoms with Gasteiger partial charge < -0.3 is 20.8 Å². The Labute approximate surface area is 150 Å². The lowest BCUT2D eigenvalue weighted by molar-refractivity contribution is -0.287. The Kier molecular flexibility index (Phi) is 4.52. The van der Waals surface area contributed by atoms with Crippen molar-refractivity contribution < 1.29 is 33.0 Å². The highest BCUT2D eigenvalue weighted by atomic mass is 19.4. The minimum absolute atomic E-state index is 0.104. The van der Waals surface area contributed by atoms with Crippen LogP contribution in [0.1, 0.15) is 22.0 Å². The van der Waals surface area contributed by atoms with Crippen molar-refractivity contribution in [1.29, 1.82) is 0 Å². The molecule has 1 aromatic carbocycles. The maximum absolute atomic E-state index is 13.7. The van der Waals surface area contributed by atoms with Crippen LogP contribution in [0.5, 0.6) is 5.75 Å². The number of carbonyl (C=O) groups is 2. The Bertz CT molecular complexity index is 858. The standard InChI is InChI=1S/C17H14F3N3O4/c18-17(19,20)16(27)12(14(25)10-2-1-7-21-8-10)13(22-15(26)23-16)9-3-5-11(24)6-4-9/h1-8,12-13,24,27H,(H2,22,23,26). The van der Waals surface area contributed by atoms with Crippen LogP contribution in [-0.2, 0) is 0 Å². The van der Waals surface area contributed by atoms with Crippen molar-refractivity contribution in [2.45, 2.75) is 17.9 Å². The van der Waals surface area contributed by atoms with E-state index in [9.17, 15) is 33.0 Å². The lowest BCUT2D eigenvalue weighted by Crippen LogP contribution is -2.72. The molecule has 27 heavy (non-hydrogen) atoms. The van der Waals surface area contributed by atoms with Crippen molar-refractivity contribution in [2.75, 3.05) is 0 Å². The number of aliphatic hydroxyl groups is 1. The van der Waals surface area contributed by atoms with Crippen LogP contribution >= 0.6 is 0 Å². The average Bonchev–Trinajstić information content (AvgIpc) is 2.61. The van der Waals surface area contributed by atoms with Gasteiger partial charge in [-0.2, -0.15) is 13.2 Å². The van der Waals surface area contributed by atoms with Crippen LogP contribution in [0.4, 0.5) is 18.0 Å². The van der Waals surface area contributed by atoms with Crippen LogP contribution in [0.3, 0.4) is 0 Å². The molecule has 142 valence electrons. The Morgan fingerprint density at radius 1 is 1.19 bits per heavy atom. The van der Waals surface area contributed by atoms with Gasteiger partial charge >= 0.3 is 12.2 Å². The lowest BCUT2D eigenvalue weighted by atomic mass is 9.77. The fourth-order valence-corrected chi connectivity index (χ4v) is 2.99. The van der Waals surface area contributed by atoms with Gasteiger partial charge in [-0.1, -0.05) is 12.1 Å². The minimum Gasteiger partial charge on any atom is -0.508 e. The average molecular weight is 381 g/mol. The number of benzene rings is 1. The molecule has 7 nitrogen and oxygen atoms in total. The molecule has 0 bridgehead atoms. The summed E-state index contributed by atoms with van der Waals surface area (Å²) >= 11 is 0. The molecule has 3 unspecified atom stereocenters. The van der Waals surface area contributed by atoms with Crippen molar-refractivity contribution in [3.63, 3.8) is 0 Å². The third-order valence-electron chi connectivity index (χ3n) is 4.29. The molecule has 0 aliphatic carbocycles. The van der Waals surface area contributed by atoms with Crippen LogP contribution in [0.2, 0.25) is 0 Å². The molecule has 0 saturated carbocycles. The van der Waals surface area contributed by atoms with Gasteiger partial charge in [-0.25, -0.2) is 4.79 Å². The van der Waals surface area contributed by atoms with Gasteiger partial charge in [0, 0.05) is 18.0 Å². The number of carbonyl (C=O) groups excluding carboxylic acids is 2. The first-order valence-corrected chi connectivity index (χ1v) is 7.74. The molecule has 2 aromatic rings. The molecule has 0 radical (unpaired) electrons. The first-order valence-electron chi connectivity index (χ1n) is 7.74. The van der Waals surface area contributed by atoms with E-state index in [1.165, 1.54) is 47.9 Å². The Hall–Kier alpha value is -3.14.